The second-order valence-corrected chi connectivity index (χ2v) is 12.3. The molecule has 8 heteroatoms. The highest BCUT2D eigenvalue weighted by Crippen LogP contribution is 2.12. The number of nitriles is 2. The van der Waals surface area contributed by atoms with Gasteiger partial charge in [-0.3, -0.25) is 0 Å². The van der Waals surface area contributed by atoms with Gasteiger partial charge in [0.1, 0.15) is 16.4 Å². The molecule has 2 heterocycles. The molecule has 0 fully saturated rings. The van der Waals surface area contributed by atoms with Gasteiger partial charge in [-0.1, -0.05) is 25.7 Å². The van der Waals surface area contributed by atoms with Gasteiger partial charge in [-0.2, -0.15) is 9.99 Å². The van der Waals surface area contributed by atoms with E-state index in [1.165, 1.54) is 6.20 Å². The second kappa shape index (κ2) is 11.0. The van der Waals surface area contributed by atoms with Crippen LogP contribution < -0.4 is 4.73 Å². The summed E-state index contributed by atoms with van der Waals surface area (Å²) in [7, 11) is -1.33. The number of rotatable bonds is 0. The van der Waals surface area contributed by atoms with Crippen molar-refractivity contribution in [1.29, 1.82) is 10.5 Å². The van der Waals surface area contributed by atoms with Crippen LogP contribution in [0.4, 0.5) is 0 Å². The maximum atomic E-state index is 10.7. The van der Waals surface area contributed by atoms with E-state index in [0.29, 0.717) is 10.3 Å². The SMILES string of the molecule is C[Si](C)(C)C#N.Cc1ccc(C#N)nc1Br.Cc1ccc[n+]([O-])c1Br. The summed E-state index contributed by atoms with van der Waals surface area (Å²) < 4.78 is 2.12. The summed E-state index contributed by atoms with van der Waals surface area (Å²) in [6, 6.07) is 9.09. The molecule has 0 bridgehead atoms. The summed E-state index contributed by atoms with van der Waals surface area (Å²) in [6.45, 7) is 9.86. The lowest BCUT2D eigenvalue weighted by Gasteiger charge is -1.98. The van der Waals surface area contributed by atoms with Crippen LogP contribution in [0.2, 0.25) is 19.6 Å². The Hall–Kier alpha value is -1.74. The van der Waals surface area contributed by atoms with E-state index >= 15 is 0 Å². The number of halogens is 2. The van der Waals surface area contributed by atoms with Gasteiger partial charge in [-0.15, -0.1) is 0 Å². The van der Waals surface area contributed by atoms with Gasteiger partial charge in [-0.05, 0) is 47.5 Å². The fraction of sp³-hybridized carbons (Fsp3) is 0.294. The third kappa shape index (κ3) is 9.98. The Morgan fingerprint density at radius 2 is 1.64 bits per heavy atom. The van der Waals surface area contributed by atoms with Crippen LogP contribution in [0, 0.1) is 41.3 Å². The van der Waals surface area contributed by atoms with E-state index in [1.807, 2.05) is 51.7 Å². The highest BCUT2D eigenvalue weighted by molar-refractivity contribution is 9.10. The number of hydrogen-bond acceptors (Lipinski definition) is 4. The lowest BCUT2D eigenvalue weighted by atomic mass is 10.3. The van der Waals surface area contributed by atoms with Crippen molar-refractivity contribution in [1.82, 2.24) is 4.98 Å². The van der Waals surface area contributed by atoms with Crippen LogP contribution in [-0.2, 0) is 0 Å². The third-order valence-corrected chi connectivity index (χ3v) is 5.02. The molecule has 132 valence electrons. The average Bonchev–Trinajstić information content (AvgIpc) is 2.55. The Balaban J connectivity index is 0.000000358. The predicted octanol–water partition coefficient (Wildman–Crippen LogP) is 4.80. The van der Waals surface area contributed by atoms with E-state index in [0.717, 1.165) is 20.5 Å². The highest BCUT2D eigenvalue weighted by Gasteiger charge is 2.09. The zero-order valence-corrected chi connectivity index (χ0v) is 19.0. The van der Waals surface area contributed by atoms with Gasteiger partial charge >= 0.3 is 0 Å². The standard InChI is InChI=1S/C7H5BrN2.C6H6BrNO.C4H9NSi/c1-5-2-3-6(4-9)10-7(5)8;1-5-3-2-4-8(9)6(5)7;1-6(2,3)4-5/h2-3H,1H3;2-4H,1H3;1-3H3. The van der Waals surface area contributed by atoms with E-state index in [-0.39, 0.29) is 0 Å². The van der Waals surface area contributed by atoms with Gasteiger partial charge in [-0.25, -0.2) is 10.2 Å². The minimum atomic E-state index is -1.33. The van der Waals surface area contributed by atoms with Crippen LogP contribution in [-0.4, -0.2) is 13.1 Å². The molecule has 2 aromatic rings. The summed E-state index contributed by atoms with van der Waals surface area (Å²) in [5, 5.41) is 27.3. The Bertz CT molecular complexity index is 772. The first-order chi connectivity index (χ1) is 11.5. The first-order valence-electron chi connectivity index (χ1n) is 7.30. The van der Waals surface area contributed by atoms with Crippen molar-refractivity contribution in [2.45, 2.75) is 33.5 Å². The molecule has 25 heavy (non-hydrogen) atoms. The summed E-state index contributed by atoms with van der Waals surface area (Å²) in [6.07, 6.45) is 1.46. The molecule has 2 aromatic heterocycles. The third-order valence-electron chi connectivity index (χ3n) is 2.57. The summed E-state index contributed by atoms with van der Waals surface area (Å²) in [5.74, 6) is 0. The number of pyridine rings is 2. The topological polar surface area (TPSA) is 87.4 Å². The van der Waals surface area contributed by atoms with Gasteiger partial charge in [0.2, 0.25) is 0 Å². The number of hydrogen-bond donors (Lipinski definition) is 0. The monoisotopic (exact) mass is 482 g/mol. The van der Waals surface area contributed by atoms with E-state index in [4.69, 9.17) is 10.5 Å². The van der Waals surface area contributed by atoms with E-state index in [2.05, 4.69) is 42.5 Å². The van der Waals surface area contributed by atoms with E-state index < -0.39 is 8.07 Å². The van der Waals surface area contributed by atoms with Gasteiger partial charge in [0.05, 0.1) is 0 Å². The molecule has 2 rings (SSSR count). The zero-order valence-electron chi connectivity index (χ0n) is 14.8. The van der Waals surface area contributed by atoms with Crippen LogP contribution in [0.1, 0.15) is 16.8 Å². The molecule has 0 saturated heterocycles. The van der Waals surface area contributed by atoms with Crippen LogP contribution in [0.25, 0.3) is 0 Å². The van der Waals surface area contributed by atoms with Gasteiger partial charge in [0.25, 0.3) is 4.60 Å². The number of aromatic nitrogens is 2. The highest BCUT2D eigenvalue weighted by atomic mass is 79.9. The molecular weight excluding hydrogens is 464 g/mol. The molecule has 0 aliphatic rings. The molecule has 0 N–H and O–H groups in total. The van der Waals surface area contributed by atoms with Crippen molar-refractivity contribution in [3.05, 3.63) is 61.7 Å². The van der Waals surface area contributed by atoms with Crippen molar-refractivity contribution in [2.75, 3.05) is 0 Å². The van der Waals surface area contributed by atoms with Gasteiger partial charge in [0.15, 0.2) is 14.3 Å². The van der Waals surface area contributed by atoms with Crippen molar-refractivity contribution in [3.63, 3.8) is 0 Å². The van der Waals surface area contributed by atoms with E-state index in [1.54, 1.807) is 12.1 Å². The Kier molecular flexibility index (Phi) is 10.2. The molecule has 5 nitrogen and oxygen atoms in total. The van der Waals surface area contributed by atoms with Crippen molar-refractivity contribution < 1.29 is 4.73 Å². The van der Waals surface area contributed by atoms with Crippen molar-refractivity contribution >= 4 is 39.9 Å². The minimum absolute atomic E-state index is 0.442. The molecule has 0 radical (unpaired) electrons. The first-order valence-corrected chi connectivity index (χ1v) is 12.4. The molecule has 0 atom stereocenters. The maximum absolute atomic E-state index is 10.7. The molecule has 0 spiro atoms. The summed E-state index contributed by atoms with van der Waals surface area (Å²) >= 11 is 6.35. The van der Waals surface area contributed by atoms with Crippen LogP contribution in [0.15, 0.2) is 39.7 Å². The average molecular weight is 484 g/mol. The Morgan fingerprint density at radius 3 is 2.00 bits per heavy atom. The minimum Gasteiger partial charge on any atom is -0.618 e. The normalized spacial score (nSPS) is 9.48. The Morgan fingerprint density at radius 1 is 1.08 bits per heavy atom. The maximum Gasteiger partial charge on any atom is 0.262 e. The van der Waals surface area contributed by atoms with Crippen molar-refractivity contribution in [3.8, 4) is 11.8 Å². The number of nitrogens with zero attached hydrogens (tertiary/aromatic N) is 4. The smallest absolute Gasteiger partial charge is 0.262 e. The predicted molar refractivity (Wildman–Crippen MR) is 108 cm³/mol. The largest absolute Gasteiger partial charge is 0.618 e. The molecule has 0 amide bonds. The van der Waals surface area contributed by atoms with Crippen LogP contribution in [0.5, 0.6) is 0 Å². The summed E-state index contributed by atoms with van der Waals surface area (Å²) in [5.41, 5.74) is 4.68. The molecule has 0 unspecified atom stereocenters. The number of aryl methyl sites for hydroxylation is 2. The quantitative estimate of drug-likeness (QED) is 0.233. The molecular formula is C17H20Br2N4OSi. The molecule has 0 aliphatic heterocycles. The van der Waals surface area contributed by atoms with Crippen LogP contribution in [0.3, 0.4) is 0 Å². The Labute approximate surface area is 166 Å². The zero-order chi connectivity index (χ0) is 19.6. The lowest BCUT2D eigenvalue weighted by Crippen LogP contribution is -2.27. The molecule has 0 aromatic carbocycles. The molecule has 0 saturated carbocycles. The van der Waals surface area contributed by atoms with Gasteiger partial charge < -0.3 is 5.21 Å². The molecule has 0 aliphatic carbocycles. The van der Waals surface area contributed by atoms with Crippen molar-refractivity contribution in [2.24, 2.45) is 0 Å². The fourth-order valence-electron chi connectivity index (χ4n) is 1.14. The fourth-order valence-corrected chi connectivity index (χ4v) is 1.71. The first kappa shape index (κ1) is 23.3. The lowest BCUT2D eigenvalue weighted by molar-refractivity contribution is -0.617. The summed E-state index contributed by atoms with van der Waals surface area (Å²) in [4.78, 5) is 3.95. The van der Waals surface area contributed by atoms with Gasteiger partial charge in [0, 0.05) is 33.3 Å². The van der Waals surface area contributed by atoms with E-state index in [9.17, 15) is 5.21 Å². The second-order valence-electron chi connectivity index (χ2n) is 6.09. The van der Waals surface area contributed by atoms with Crippen LogP contribution >= 0.6 is 31.9 Å².